The number of aromatic nitrogens is 1. The maximum absolute atomic E-state index is 12.5. The second-order valence-corrected chi connectivity index (χ2v) is 5.45. The van der Waals surface area contributed by atoms with E-state index in [0.29, 0.717) is 6.04 Å². The molecule has 0 unspecified atom stereocenters. The summed E-state index contributed by atoms with van der Waals surface area (Å²) < 4.78 is 0. The zero-order valence-corrected chi connectivity index (χ0v) is 12.6. The highest BCUT2D eigenvalue weighted by Gasteiger charge is 2.24. The number of carbonyl (C=O) groups excluding carboxylic acids is 1. The van der Waals surface area contributed by atoms with Gasteiger partial charge in [0.2, 0.25) is 0 Å². The fourth-order valence-corrected chi connectivity index (χ4v) is 2.61. The van der Waals surface area contributed by atoms with Gasteiger partial charge in [-0.1, -0.05) is 0 Å². The van der Waals surface area contributed by atoms with E-state index in [2.05, 4.69) is 29.3 Å². The van der Waals surface area contributed by atoms with Crippen molar-refractivity contribution in [3.05, 3.63) is 23.9 Å². The van der Waals surface area contributed by atoms with E-state index in [1.54, 1.807) is 12.3 Å². The van der Waals surface area contributed by atoms with Gasteiger partial charge in [0.1, 0.15) is 5.82 Å². The maximum Gasteiger partial charge on any atom is 0.254 e. The van der Waals surface area contributed by atoms with Gasteiger partial charge in [-0.25, -0.2) is 4.98 Å². The van der Waals surface area contributed by atoms with Crippen LogP contribution >= 0.6 is 0 Å². The summed E-state index contributed by atoms with van der Waals surface area (Å²) in [6, 6.07) is 4.22. The second kappa shape index (κ2) is 6.70. The molecule has 0 atom stereocenters. The molecule has 2 rings (SSSR count). The lowest BCUT2D eigenvalue weighted by Crippen LogP contribution is -2.44. The first-order valence-electron chi connectivity index (χ1n) is 7.27. The summed E-state index contributed by atoms with van der Waals surface area (Å²) in [6.07, 6.45) is 3.78. The van der Waals surface area contributed by atoms with Gasteiger partial charge in [0, 0.05) is 37.4 Å². The summed E-state index contributed by atoms with van der Waals surface area (Å²) in [6.45, 7) is 4.49. The lowest BCUT2D eigenvalue weighted by atomic mass is 10.0. The van der Waals surface area contributed by atoms with Gasteiger partial charge in [-0.2, -0.15) is 0 Å². The summed E-state index contributed by atoms with van der Waals surface area (Å²) in [5.74, 6) is 0.880. The van der Waals surface area contributed by atoms with Crippen LogP contribution in [0.25, 0.3) is 0 Å². The van der Waals surface area contributed by atoms with E-state index in [9.17, 15) is 4.79 Å². The molecule has 1 amide bonds. The van der Waals surface area contributed by atoms with Crippen LogP contribution in [0.4, 0.5) is 5.82 Å². The lowest BCUT2D eigenvalue weighted by molar-refractivity contribution is 0.0663. The molecule has 0 saturated carbocycles. The van der Waals surface area contributed by atoms with Crippen molar-refractivity contribution in [2.24, 2.45) is 0 Å². The number of hydrogen-bond acceptors (Lipinski definition) is 4. The first-order valence-corrected chi connectivity index (χ1v) is 7.27. The number of hydrogen-bond donors (Lipinski definition) is 1. The Morgan fingerprint density at radius 2 is 2.15 bits per heavy atom. The zero-order chi connectivity index (χ0) is 14.5. The van der Waals surface area contributed by atoms with Gasteiger partial charge < -0.3 is 15.1 Å². The summed E-state index contributed by atoms with van der Waals surface area (Å²) in [7, 11) is 4.21. The monoisotopic (exact) mass is 276 g/mol. The molecule has 2 heterocycles. The molecular formula is C15H24N4O. The number of anilines is 1. The largest absolute Gasteiger partial charge is 0.370 e. The van der Waals surface area contributed by atoms with E-state index in [-0.39, 0.29) is 5.91 Å². The van der Waals surface area contributed by atoms with E-state index in [1.165, 1.54) is 0 Å². The summed E-state index contributed by atoms with van der Waals surface area (Å²) in [5, 5.41) is 3.14. The number of nitrogens with zero attached hydrogens (tertiary/aromatic N) is 3. The molecule has 1 fully saturated rings. The van der Waals surface area contributed by atoms with Crippen LogP contribution in [-0.4, -0.2) is 60.5 Å². The maximum atomic E-state index is 12.5. The van der Waals surface area contributed by atoms with Gasteiger partial charge >= 0.3 is 0 Å². The molecule has 1 aromatic heterocycles. The quantitative estimate of drug-likeness (QED) is 0.909. The van der Waals surface area contributed by atoms with E-state index in [1.807, 2.05) is 17.9 Å². The molecule has 0 aromatic carbocycles. The minimum Gasteiger partial charge on any atom is -0.370 e. The molecule has 1 aromatic rings. The topological polar surface area (TPSA) is 48.5 Å². The number of piperidine rings is 1. The average molecular weight is 276 g/mol. The Morgan fingerprint density at radius 1 is 1.45 bits per heavy atom. The summed E-state index contributed by atoms with van der Waals surface area (Å²) in [5.41, 5.74) is 0.722. The van der Waals surface area contributed by atoms with Crippen molar-refractivity contribution in [1.29, 1.82) is 0 Å². The molecule has 1 N–H and O–H groups in total. The minimum atomic E-state index is 0.115. The van der Waals surface area contributed by atoms with Crippen LogP contribution in [-0.2, 0) is 0 Å². The van der Waals surface area contributed by atoms with Crippen LogP contribution in [0, 0.1) is 0 Å². The minimum absolute atomic E-state index is 0.115. The van der Waals surface area contributed by atoms with Gasteiger partial charge in [0.05, 0.1) is 0 Å². The van der Waals surface area contributed by atoms with Gasteiger partial charge in [-0.05, 0) is 46.0 Å². The first kappa shape index (κ1) is 14.8. The fraction of sp³-hybridized carbons (Fsp3) is 0.600. The van der Waals surface area contributed by atoms with E-state index in [4.69, 9.17) is 0 Å². The molecule has 110 valence electrons. The van der Waals surface area contributed by atoms with Crippen molar-refractivity contribution in [2.45, 2.75) is 25.8 Å². The molecule has 20 heavy (non-hydrogen) atoms. The zero-order valence-electron chi connectivity index (χ0n) is 12.6. The van der Waals surface area contributed by atoms with E-state index >= 15 is 0 Å². The highest BCUT2D eigenvalue weighted by Crippen LogP contribution is 2.17. The summed E-state index contributed by atoms with van der Waals surface area (Å²) in [4.78, 5) is 20.9. The molecular weight excluding hydrogens is 252 g/mol. The number of amides is 1. The van der Waals surface area contributed by atoms with Crippen LogP contribution < -0.4 is 5.32 Å². The first-order chi connectivity index (χ1) is 9.61. The Balaban J connectivity index is 2.00. The third-order valence-corrected chi connectivity index (χ3v) is 3.85. The third-order valence-electron chi connectivity index (χ3n) is 3.85. The molecule has 1 aliphatic heterocycles. The SMILES string of the molecule is CCNc1cc(C(=O)N2CCC(N(C)C)CC2)ccn1. The van der Waals surface area contributed by atoms with Crippen molar-refractivity contribution in [3.8, 4) is 0 Å². The molecule has 1 aliphatic rings. The standard InChI is InChI=1S/C15H24N4O/c1-4-16-14-11-12(5-8-17-14)15(20)19-9-6-13(7-10-19)18(2)3/h5,8,11,13H,4,6-7,9-10H2,1-3H3,(H,16,17). The molecule has 0 aliphatic carbocycles. The lowest BCUT2D eigenvalue weighted by Gasteiger charge is -2.35. The molecule has 0 radical (unpaired) electrons. The normalized spacial score (nSPS) is 16.5. The van der Waals surface area contributed by atoms with E-state index < -0.39 is 0 Å². The van der Waals surface area contributed by atoms with Crippen LogP contribution in [0.1, 0.15) is 30.1 Å². The van der Waals surface area contributed by atoms with Crippen LogP contribution in [0.5, 0.6) is 0 Å². The van der Waals surface area contributed by atoms with Crippen LogP contribution in [0.3, 0.4) is 0 Å². The van der Waals surface area contributed by atoms with Crippen molar-refractivity contribution in [3.63, 3.8) is 0 Å². The third kappa shape index (κ3) is 3.48. The molecule has 5 heteroatoms. The van der Waals surface area contributed by atoms with Gasteiger partial charge in [0.25, 0.3) is 5.91 Å². The van der Waals surface area contributed by atoms with Crippen molar-refractivity contribution < 1.29 is 4.79 Å². The number of pyridine rings is 1. The number of rotatable bonds is 4. The second-order valence-electron chi connectivity index (χ2n) is 5.45. The number of carbonyl (C=O) groups is 1. The highest BCUT2D eigenvalue weighted by molar-refractivity contribution is 5.94. The average Bonchev–Trinajstić information content (AvgIpc) is 2.47. The molecule has 0 spiro atoms. The predicted molar refractivity (Wildman–Crippen MR) is 81.0 cm³/mol. The Morgan fingerprint density at radius 3 is 2.75 bits per heavy atom. The van der Waals surface area contributed by atoms with Gasteiger partial charge in [-0.15, -0.1) is 0 Å². The number of likely N-dealkylation sites (tertiary alicyclic amines) is 1. The fourth-order valence-electron chi connectivity index (χ4n) is 2.61. The van der Waals surface area contributed by atoms with Gasteiger partial charge in [0.15, 0.2) is 0 Å². The highest BCUT2D eigenvalue weighted by atomic mass is 16.2. The Hall–Kier alpha value is -1.62. The number of nitrogens with one attached hydrogen (secondary N) is 1. The van der Waals surface area contributed by atoms with Crippen molar-refractivity contribution >= 4 is 11.7 Å². The molecule has 0 bridgehead atoms. The van der Waals surface area contributed by atoms with Gasteiger partial charge in [-0.3, -0.25) is 4.79 Å². The smallest absolute Gasteiger partial charge is 0.254 e. The van der Waals surface area contributed by atoms with Crippen LogP contribution in [0.15, 0.2) is 18.3 Å². The summed E-state index contributed by atoms with van der Waals surface area (Å²) >= 11 is 0. The van der Waals surface area contributed by atoms with Crippen LogP contribution in [0.2, 0.25) is 0 Å². The Kier molecular flexibility index (Phi) is 4.95. The van der Waals surface area contributed by atoms with Crippen molar-refractivity contribution in [2.75, 3.05) is 39.0 Å². The van der Waals surface area contributed by atoms with E-state index in [0.717, 1.165) is 43.9 Å². The Bertz CT molecular complexity index is 453. The molecule has 1 saturated heterocycles. The predicted octanol–water partition coefficient (Wildman–Crippen LogP) is 1.68. The van der Waals surface area contributed by atoms with Crippen molar-refractivity contribution in [1.82, 2.24) is 14.8 Å². The Labute approximate surface area is 121 Å². The molecule has 5 nitrogen and oxygen atoms in total.